The predicted octanol–water partition coefficient (Wildman–Crippen LogP) is 2.94. The van der Waals surface area contributed by atoms with E-state index in [1.54, 1.807) is 11.8 Å². The number of hydrogen-bond acceptors (Lipinski definition) is 2. The van der Waals surface area contributed by atoms with Crippen molar-refractivity contribution in [2.24, 2.45) is 5.73 Å². The largest absolute Gasteiger partial charge is 0.325 e. The molecule has 1 aromatic carbocycles. The number of rotatable bonds is 4. The number of halogens is 2. The zero-order chi connectivity index (χ0) is 11.5. The van der Waals surface area contributed by atoms with Gasteiger partial charge in [0, 0.05) is 23.1 Å². The minimum absolute atomic E-state index is 0.253. The molecular weight excluding hydrogens is 216 g/mol. The molecule has 1 nitrogen and oxygen atoms in total. The van der Waals surface area contributed by atoms with Crippen molar-refractivity contribution in [3.63, 3.8) is 0 Å². The summed E-state index contributed by atoms with van der Waals surface area (Å²) in [6.07, 6.45) is 0. The summed E-state index contributed by atoms with van der Waals surface area (Å²) in [5, 5.41) is 0. The molecule has 0 aliphatic rings. The SMILES string of the molecule is CC(C)(N)CSCc1cc(F)cc(F)c1. The maximum absolute atomic E-state index is 12.8. The van der Waals surface area contributed by atoms with Crippen LogP contribution in [0.3, 0.4) is 0 Å². The van der Waals surface area contributed by atoms with Crippen LogP contribution in [0, 0.1) is 11.6 Å². The Kier molecular flexibility index (Phi) is 4.11. The van der Waals surface area contributed by atoms with E-state index in [-0.39, 0.29) is 5.54 Å². The van der Waals surface area contributed by atoms with Crippen molar-refractivity contribution in [3.05, 3.63) is 35.4 Å². The third kappa shape index (κ3) is 5.14. The molecule has 0 aromatic heterocycles. The summed E-state index contributed by atoms with van der Waals surface area (Å²) in [5.74, 6) is 0.274. The smallest absolute Gasteiger partial charge is 0.126 e. The fraction of sp³-hybridized carbons (Fsp3) is 0.455. The quantitative estimate of drug-likeness (QED) is 0.862. The molecule has 84 valence electrons. The van der Waals surface area contributed by atoms with Crippen LogP contribution in [-0.4, -0.2) is 11.3 Å². The molecule has 2 N–H and O–H groups in total. The maximum atomic E-state index is 12.8. The zero-order valence-electron chi connectivity index (χ0n) is 8.89. The van der Waals surface area contributed by atoms with Crippen molar-refractivity contribution < 1.29 is 8.78 Å². The van der Waals surface area contributed by atoms with Gasteiger partial charge < -0.3 is 5.73 Å². The van der Waals surface area contributed by atoms with Crippen molar-refractivity contribution in [1.29, 1.82) is 0 Å². The van der Waals surface area contributed by atoms with Crippen molar-refractivity contribution >= 4 is 11.8 Å². The predicted molar refractivity (Wildman–Crippen MR) is 60.8 cm³/mol. The Bertz CT molecular complexity index is 314. The average Bonchev–Trinajstić information content (AvgIpc) is 1.99. The molecule has 15 heavy (non-hydrogen) atoms. The summed E-state index contributed by atoms with van der Waals surface area (Å²) in [6, 6.07) is 3.57. The highest BCUT2D eigenvalue weighted by molar-refractivity contribution is 7.98. The van der Waals surface area contributed by atoms with Crippen LogP contribution in [0.4, 0.5) is 8.78 Å². The molecule has 1 rings (SSSR count). The maximum Gasteiger partial charge on any atom is 0.126 e. The van der Waals surface area contributed by atoms with Crippen LogP contribution in [-0.2, 0) is 5.75 Å². The van der Waals surface area contributed by atoms with Gasteiger partial charge in [0.25, 0.3) is 0 Å². The number of hydrogen-bond donors (Lipinski definition) is 1. The second-order valence-corrected chi connectivity index (χ2v) is 5.24. The first kappa shape index (κ1) is 12.5. The summed E-state index contributed by atoms with van der Waals surface area (Å²) >= 11 is 1.57. The second kappa shape index (κ2) is 4.94. The normalized spacial score (nSPS) is 11.8. The third-order valence-corrected chi connectivity index (χ3v) is 3.15. The average molecular weight is 231 g/mol. The van der Waals surface area contributed by atoms with Crippen LogP contribution in [0.15, 0.2) is 18.2 Å². The van der Waals surface area contributed by atoms with Crippen molar-refractivity contribution in [2.75, 3.05) is 5.75 Å². The van der Waals surface area contributed by atoms with Crippen LogP contribution in [0.1, 0.15) is 19.4 Å². The number of thioether (sulfide) groups is 1. The van der Waals surface area contributed by atoms with Gasteiger partial charge in [-0.2, -0.15) is 11.8 Å². The summed E-state index contributed by atoms with van der Waals surface area (Å²) in [5.41, 5.74) is 6.19. The van der Waals surface area contributed by atoms with Gasteiger partial charge in [-0.1, -0.05) is 0 Å². The van der Waals surface area contributed by atoms with E-state index in [0.29, 0.717) is 11.3 Å². The minimum atomic E-state index is -0.530. The standard InChI is InChI=1S/C11H15F2NS/c1-11(2,14)7-15-6-8-3-9(12)5-10(13)4-8/h3-5H,6-7,14H2,1-2H3. The van der Waals surface area contributed by atoms with Gasteiger partial charge in [-0.3, -0.25) is 0 Å². The molecule has 0 aliphatic carbocycles. The van der Waals surface area contributed by atoms with Crippen molar-refractivity contribution in [2.45, 2.75) is 25.1 Å². The topological polar surface area (TPSA) is 26.0 Å². The van der Waals surface area contributed by atoms with Gasteiger partial charge in [-0.05, 0) is 31.5 Å². The van der Waals surface area contributed by atoms with E-state index >= 15 is 0 Å². The highest BCUT2D eigenvalue weighted by atomic mass is 32.2. The lowest BCUT2D eigenvalue weighted by atomic mass is 10.1. The fourth-order valence-electron chi connectivity index (χ4n) is 1.13. The lowest BCUT2D eigenvalue weighted by Crippen LogP contribution is -2.34. The Balaban J connectivity index is 2.51. The first-order valence-corrected chi connectivity index (χ1v) is 5.84. The van der Waals surface area contributed by atoms with Crippen LogP contribution >= 0.6 is 11.8 Å². The van der Waals surface area contributed by atoms with Gasteiger partial charge in [-0.25, -0.2) is 8.78 Å². The molecule has 0 heterocycles. The van der Waals surface area contributed by atoms with E-state index in [2.05, 4.69) is 0 Å². The Morgan fingerprint density at radius 2 is 1.73 bits per heavy atom. The summed E-state index contributed by atoms with van der Waals surface area (Å²) in [6.45, 7) is 3.85. The van der Waals surface area contributed by atoms with Gasteiger partial charge >= 0.3 is 0 Å². The van der Waals surface area contributed by atoms with E-state index in [1.165, 1.54) is 12.1 Å². The molecule has 0 aliphatic heterocycles. The van der Waals surface area contributed by atoms with Gasteiger partial charge in [-0.15, -0.1) is 0 Å². The fourth-order valence-corrected chi connectivity index (χ4v) is 2.16. The Morgan fingerprint density at radius 3 is 2.20 bits per heavy atom. The van der Waals surface area contributed by atoms with Crippen LogP contribution in [0.25, 0.3) is 0 Å². The Morgan fingerprint density at radius 1 is 1.20 bits per heavy atom. The number of benzene rings is 1. The monoisotopic (exact) mass is 231 g/mol. The van der Waals surface area contributed by atoms with E-state index < -0.39 is 11.6 Å². The van der Waals surface area contributed by atoms with Crippen molar-refractivity contribution in [1.82, 2.24) is 0 Å². The Hall–Kier alpha value is -0.610. The Labute approximate surface area is 93.1 Å². The van der Waals surface area contributed by atoms with Gasteiger partial charge in [0.1, 0.15) is 11.6 Å². The molecular formula is C11H15F2NS. The molecule has 0 saturated heterocycles. The van der Waals surface area contributed by atoms with E-state index in [1.807, 2.05) is 13.8 Å². The first-order valence-electron chi connectivity index (χ1n) is 4.68. The zero-order valence-corrected chi connectivity index (χ0v) is 9.70. The van der Waals surface area contributed by atoms with Crippen LogP contribution < -0.4 is 5.73 Å². The summed E-state index contributed by atoms with van der Waals surface area (Å²) in [4.78, 5) is 0. The molecule has 0 atom stereocenters. The second-order valence-electron chi connectivity index (χ2n) is 4.26. The number of nitrogens with two attached hydrogens (primary N) is 1. The lowest BCUT2D eigenvalue weighted by molar-refractivity contribution is 0.581. The molecule has 4 heteroatoms. The summed E-state index contributed by atoms with van der Waals surface area (Å²) < 4.78 is 25.6. The molecule has 0 bridgehead atoms. The first-order chi connectivity index (χ1) is 6.87. The molecule has 0 unspecified atom stereocenters. The molecule has 0 saturated carbocycles. The lowest BCUT2D eigenvalue weighted by Gasteiger charge is -2.17. The van der Waals surface area contributed by atoms with E-state index in [0.717, 1.165) is 11.8 Å². The van der Waals surface area contributed by atoms with Crippen LogP contribution in [0.5, 0.6) is 0 Å². The molecule has 1 aromatic rings. The minimum Gasteiger partial charge on any atom is -0.325 e. The van der Waals surface area contributed by atoms with Gasteiger partial charge in [0.05, 0.1) is 0 Å². The third-order valence-electron chi connectivity index (χ3n) is 1.67. The molecule has 0 amide bonds. The van der Waals surface area contributed by atoms with E-state index in [9.17, 15) is 8.78 Å². The summed E-state index contributed by atoms with van der Waals surface area (Å²) in [7, 11) is 0. The van der Waals surface area contributed by atoms with E-state index in [4.69, 9.17) is 5.73 Å². The van der Waals surface area contributed by atoms with Crippen molar-refractivity contribution in [3.8, 4) is 0 Å². The highest BCUT2D eigenvalue weighted by Gasteiger charge is 2.10. The van der Waals surface area contributed by atoms with Gasteiger partial charge in [0.2, 0.25) is 0 Å². The molecule has 0 spiro atoms. The molecule has 0 fully saturated rings. The van der Waals surface area contributed by atoms with Gasteiger partial charge in [0.15, 0.2) is 0 Å². The highest BCUT2D eigenvalue weighted by Crippen LogP contribution is 2.18. The molecule has 0 radical (unpaired) electrons. The van der Waals surface area contributed by atoms with Crippen LogP contribution in [0.2, 0.25) is 0 Å².